The second kappa shape index (κ2) is 9.74. The fraction of sp³-hybridized carbons (Fsp3) is 0.400. The Balaban J connectivity index is 1.54. The van der Waals surface area contributed by atoms with Crippen molar-refractivity contribution in [2.45, 2.75) is 75.7 Å². The Kier molecular flexibility index (Phi) is 6.46. The molecule has 6 rings (SSSR count). The molecule has 1 saturated heterocycles. The van der Waals surface area contributed by atoms with Crippen LogP contribution >= 0.6 is 0 Å². The highest BCUT2D eigenvalue weighted by Gasteiger charge is 2.58. The van der Waals surface area contributed by atoms with Gasteiger partial charge in [0.1, 0.15) is 29.3 Å². The third-order valence-electron chi connectivity index (χ3n) is 8.51. The van der Waals surface area contributed by atoms with Crippen LogP contribution in [0.1, 0.15) is 33.3 Å². The molecule has 0 spiro atoms. The molecule has 10 heteroatoms. The standard InChI is InChI=1S/C30H35N7O3/c1-29(2,36-22-16-10-8-14-20(22)31-33-36)27-25(39)24(38)26(40)28(35(27)18-19-12-6-5-7-13-19)30(3,4)37-23-17-11-9-15-21(23)32-34-37/h5-17,24-28,38-40H,18H2,1-4H3/t24?,25-,26+,27?,28?. The summed E-state index contributed by atoms with van der Waals surface area (Å²) in [4.78, 5) is 2.10. The zero-order valence-electron chi connectivity index (χ0n) is 23.1. The number of nitrogens with zero attached hydrogens (tertiary/aromatic N) is 7. The van der Waals surface area contributed by atoms with Gasteiger partial charge in [0.15, 0.2) is 0 Å². The lowest BCUT2D eigenvalue weighted by Crippen LogP contribution is -2.75. The number of rotatable bonds is 6. The van der Waals surface area contributed by atoms with Crippen LogP contribution in [0.2, 0.25) is 0 Å². The molecule has 2 aromatic heterocycles. The van der Waals surface area contributed by atoms with Crippen LogP contribution < -0.4 is 0 Å². The Morgan fingerprint density at radius 1 is 0.600 bits per heavy atom. The van der Waals surface area contributed by atoms with Gasteiger partial charge in [0.2, 0.25) is 0 Å². The Morgan fingerprint density at radius 2 is 1.02 bits per heavy atom. The van der Waals surface area contributed by atoms with E-state index in [0.29, 0.717) is 6.54 Å². The van der Waals surface area contributed by atoms with E-state index < -0.39 is 41.5 Å². The number of likely N-dealkylation sites (tertiary alicyclic amines) is 1. The second-order valence-electron chi connectivity index (χ2n) is 11.8. The Labute approximate surface area is 232 Å². The normalized spacial score (nSPS) is 24.6. The van der Waals surface area contributed by atoms with Gasteiger partial charge in [0.05, 0.1) is 34.2 Å². The molecule has 0 aliphatic carbocycles. The molecule has 3 unspecified atom stereocenters. The van der Waals surface area contributed by atoms with E-state index in [0.717, 1.165) is 27.6 Å². The number of para-hydroxylation sites is 2. The van der Waals surface area contributed by atoms with Gasteiger partial charge in [-0.05, 0) is 57.5 Å². The SMILES string of the molecule is CC(C)(C1[C@H](O)C(O)[C@H](O)C(C(C)(C)n2nnc3ccccc32)N1Cc1ccccc1)n1nnc2ccccc21. The number of aliphatic hydroxyl groups excluding tert-OH is 3. The first-order valence-corrected chi connectivity index (χ1v) is 13.6. The van der Waals surface area contributed by atoms with Crippen molar-refractivity contribution in [3.05, 3.63) is 84.4 Å². The second-order valence-corrected chi connectivity index (χ2v) is 11.8. The largest absolute Gasteiger partial charge is 0.389 e. The molecule has 1 aliphatic rings. The molecule has 0 saturated carbocycles. The maximum atomic E-state index is 11.7. The number of piperidine rings is 1. The van der Waals surface area contributed by atoms with Gasteiger partial charge in [0, 0.05) is 6.54 Å². The van der Waals surface area contributed by atoms with Crippen LogP contribution in [0.3, 0.4) is 0 Å². The van der Waals surface area contributed by atoms with Gasteiger partial charge in [-0.1, -0.05) is 65.0 Å². The molecule has 10 nitrogen and oxygen atoms in total. The summed E-state index contributed by atoms with van der Waals surface area (Å²) in [6.07, 6.45) is -3.97. The van der Waals surface area contributed by atoms with E-state index in [2.05, 4.69) is 25.5 Å². The molecule has 1 fully saturated rings. The van der Waals surface area contributed by atoms with E-state index in [-0.39, 0.29) is 0 Å². The molecule has 5 atom stereocenters. The van der Waals surface area contributed by atoms with E-state index in [9.17, 15) is 15.3 Å². The molecule has 3 aromatic carbocycles. The first-order chi connectivity index (χ1) is 19.1. The summed E-state index contributed by atoms with van der Waals surface area (Å²) >= 11 is 0. The number of aromatic nitrogens is 6. The van der Waals surface area contributed by atoms with Crippen molar-refractivity contribution in [3.8, 4) is 0 Å². The number of aliphatic hydroxyl groups is 3. The maximum Gasteiger partial charge on any atom is 0.113 e. The molecule has 3 heterocycles. The highest BCUT2D eigenvalue weighted by molar-refractivity contribution is 5.75. The lowest BCUT2D eigenvalue weighted by molar-refractivity contribution is -0.205. The van der Waals surface area contributed by atoms with Crippen LogP contribution in [0.4, 0.5) is 0 Å². The average molecular weight is 542 g/mol. The third kappa shape index (κ3) is 4.10. The summed E-state index contributed by atoms with van der Waals surface area (Å²) in [5.74, 6) is 0. The van der Waals surface area contributed by atoms with Gasteiger partial charge < -0.3 is 15.3 Å². The summed E-state index contributed by atoms with van der Waals surface area (Å²) in [5, 5.41) is 52.5. The fourth-order valence-electron chi connectivity index (χ4n) is 6.62. The average Bonchev–Trinajstić information content (AvgIpc) is 3.58. The van der Waals surface area contributed by atoms with Crippen LogP contribution in [0.15, 0.2) is 78.9 Å². The molecular weight excluding hydrogens is 506 g/mol. The van der Waals surface area contributed by atoms with Crippen molar-refractivity contribution in [2.24, 2.45) is 0 Å². The topological polar surface area (TPSA) is 125 Å². The van der Waals surface area contributed by atoms with Crippen LogP contribution in [-0.4, -0.2) is 80.6 Å². The molecule has 3 N–H and O–H groups in total. The van der Waals surface area contributed by atoms with Crippen molar-refractivity contribution >= 4 is 22.1 Å². The lowest BCUT2D eigenvalue weighted by atomic mass is 9.73. The molecule has 40 heavy (non-hydrogen) atoms. The van der Waals surface area contributed by atoms with E-state index in [1.54, 1.807) is 0 Å². The molecule has 0 radical (unpaired) electrons. The zero-order valence-corrected chi connectivity index (χ0v) is 23.1. The van der Waals surface area contributed by atoms with Gasteiger partial charge in [0.25, 0.3) is 0 Å². The van der Waals surface area contributed by atoms with Gasteiger partial charge in [-0.25, -0.2) is 9.36 Å². The third-order valence-corrected chi connectivity index (χ3v) is 8.51. The van der Waals surface area contributed by atoms with E-state index >= 15 is 0 Å². The molecule has 0 bridgehead atoms. The van der Waals surface area contributed by atoms with Crippen LogP contribution in [0.5, 0.6) is 0 Å². The van der Waals surface area contributed by atoms with Crippen molar-refractivity contribution in [1.29, 1.82) is 0 Å². The minimum atomic E-state index is -1.41. The highest BCUT2D eigenvalue weighted by Crippen LogP contribution is 2.42. The van der Waals surface area contributed by atoms with Gasteiger partial charge >= 0.3 is 0 Å². The van der Waals surface area contributed by atoms with Crippen LogP contribution in [-0.2, 0) is 17.6 Å². The van der Waals surface area contributed by atoms with Crippen molar-refractivity contribution < 1.29 is 15.3 Å². The number of hydrogen-bond acceptors (Lipinski definition) is 8. The number of benzene rings is 3. The molecule has 1 aliphatic heterocycles. The number of hydrogen-bond donors (Lipinski definition) is 3. The summed E-state index contributed by atoms with van der Waals surface area (Å²) < 4.78 is 3.63. The minimum Gasteiger partial charge on any atom is -0.389 e. The number of fused-ring (bicyclic) bond motifs is 2. The molecule has 208 valence electrons. The zero-order chi connectivity index (χ0) is 28.2. The summed E-state index contributed by atoms with van der Waals surface area (Å²) in [7, 11) is 0. The Bertz CT molecular complexity index is 1530. The van der Waals surface area contributed by atoms with E-state index in [1.165, 1.54) is 0 Å². The van der Waals surface area contributed by atoms with Crippen molar-refractivity contribution in [1.82, 2.24) is 34.9 Å². The van der Waals surface area contributed by atoms with Gasteiger partial charge in [-0.15, -0.1) is 10.2 Å². The fourth-order valence-corrected chi connectivity index (χ4v) is 6.62. The first kappa shape index (κ1) is 26.5. The first-order valence-electron chi connectivity index (χ1n) is 13.6. The van der Waals surface area contributed by atoms with Gasteiger partial charge in [-0.2, -0.15) is 0 Å². The van der Waals surface area contributed by atoms with Crippen molar-refractivity contribution in [2.75, 3.05) is 0 Å². The Hall–Kier alpha value is -3.70. The monoisotopic (exact) mass is 541 g/mol. The minimum absolute atomic E-state index is 0.406. The quantitative estimate of drug-likeness (QED) is 0.300. The van der Waals surface area contributed by atoms with E-state index in [4.69, 9.17) is 0 Å². The van der Waals surface area contributed by atoms with Crippen LogP contribution in [0.25, 0.3) is 22.1 Å². The maximum absolute atomic E-state index is 11.7. The van der Waals surface area contributed by atoms with Crippen molar-refractivity contribution in [3.63, 3.8) is 0 Å². The predicted molar refractivity (Wildman–Crippen MR) is 151 cm³/mol. The van der Waals surface area contributed by atoms with Gasteiger partial charge in [-0.3, -0.25) is 4.90 Å². The molecule has 5 aromatic rings. The summed E-state index contributed by atoms with van der Waals surface area (Å²) in [6.45, 7) is 8.35. The summed E-state index contributed by atoms with van der Waals surface area (Å²) in [6, 6.07) is 24.0. The molecular formula is C30H35N7O3. The Morgan fingerprint density at radius 3 is 1.50 bits per heavy atom. The van der Waals surface area contributed by atoms with E-state index in [1.807, 2.05) is 116 Å². The highest BCUT2D eigenvalue weighted by atomic mass is 16.4. The molecule has 0 amide bonds. The van der Waals surface area contributed by atoms with Crippen LogP contribution in [0, 0.1) is 0 Å². The smallest absolute Gasteiger partial charge is 0.113 e. The lowest BCUT2D eigenvalue weighted by Gasteiger charge is -2.57. The predicted octanol–water partition coefficient (Wildman–Crippen LogP) is 2.68. The summed E-state index contributed by atoms with van der Waals surface area (Å²) in [5.41, 5.74) is 2.40.